The number of rotatable bonds is 7. The van der Waals surface area contributed by atoms with Gasteiger partial charge in [0.15, 0.2) is 5.79 Å². The van der Waals surface area contributed by atoms with Crippen LogP contribution in [0, 0.1) is 0 Å². The first kappa shape index (κ1) is 23.9. The Hall–Kier alpha value is -2.22. The molecule has 0 bridgehead atoms. The Bertz CT molecular complexity index is 972. The van der Waals surface area contributed by atoms with Crippen LogP contribution in [0.3, 0.4) is 0 Å². The summed E-state index contributed by atoms with van der Waals surface area (Å²) in [6.07, 6.45) is -0.464. The predicted molar refractivity (Wildman–Crippen MR) is 131 cm³/mol. The van der Waals surface area contributed by atoms with Crippen molar-refractivity contribution in [1.82, 2.24) is 0 Å². The molecule has 1 aromatic heterocycles. The van der Waals surface area contributed by atoms with E-state index in [4.69, 9.17) is 18.3 Å². The summed E-state index contributed by atoms with van der Waals surface area (Å²) in [5, 5.41) is 13.2. The van der Waals surface area contributed by atoms with Crippen molar-refractivity contribution < 1.29 is 23.4 Å². The van der Waals surface area contributed by atoms with Crippen molar-refractivity contribution in [1.29, 1.82) is 0 Å². The Morgan fingerprint density at radius 2 is 1.48 bits per heavy atom. The number of furan rings is 1. The van der Waals surface area contributed by atoms with Gasteiger partial charge in [-0.2, -0.15) is 0 Å². The van der Waals surface area contributed by atoms with Crippen LogP contribution in [-0.2, 0) is 13.9 Å². The molecular formula is C27H34O5Si. The molecule has 4 rings (SSSR count). The third-order valence-corrected chi connectivity index (χ3v) is 11.3. The minimum atomic E-state index is -2.73. The molecule has 1 aliphatic heterocycles. The summed E-state index contributed by atoms with van der Waals surface area (Å²) < 4.78 is 24.8. The summed E-state index contributed by atoms with van der Waals surface area (Å²) in [5.41, 5.74) is 0. The van der Waals surface area contributed by atoms with Gasteiger partial charge >= 0.3 is 0 Å². The molecule has 176 valence electrons. The Morgan fingerprint density at radius 1 is 0.909 bits per heavy atom. The van der Waals surface area contributed by atoms with E-state index >= 15 is 0 Å². The second kappa shape index (κ2) is 9.20. The van der Waals surface area contributed by atoms with Crippen LogP contribution >= 0.6 is 0 Å². The average molecular weight is 467 g/mol. The van der Waals surface area contributed by atoms with Crippen LogP contribution in [0.4, 0.5) is 0 Å². The quantitative estimate of drug-likeness (QED) is 0.523. The number of aliphatic hydroxyl groups is 1. The standard InChI is InChI=1S/C27H34O5Si/c1-26(2,3)33(20-13-8-6-9-14-20,21-15-10-7-11-16-21)30-19-23-25(32-27(4,5)31-23)24(28)22-17-12-18-29-22/h6-18,23-25,28H,19H2,1-5H3/t23-,24+,25+/m0/s1. The van der Waals surface area contributed by atoms with Crippen LogP contribution in [0.25, 0.3) is 0 Å². The topological polar surface area (TPSA) is 61.1 Å². The van der Waals surface area contributed by atoms with Crippen molar-refractivity contribution in [2.75, 3.05) is 6.61 Å². The third kappa shape index (κ3) is 4.72. The Labute approximate surface area is 197 Å². The van der Waals surface area contributed by atoms with E-state index in [1.807, 2.05) is 26.0 Å². The van der Waals surface area contributed by atoms with Crippen molar-refractivity contribution in [2.45, 2.75) is 63.8 Å². The van der Waals surface area contributed by atoms with Crippen LogP contribution in [0.1, 0.15) is 46.5 Å². The predicted octanol–water partition coefficient (Wildman–Crippen LogP) is 4.41. The van der Waals surface area contributed by atoms with Gasteiger partial charge in [-0.05, 0) is 41.4 Å². The fraction of sp³-hybridized carbons (Fsp3) is 0.407. The molecule has 0 aliphatic carbocycles. The molecule has 0 saturated carbocycles. The summed E-state index contributed by atoms with van der Waals surface area (Å²) >= 11 is 0. The average Bonchev–Trinajstić information content (AvgIpc) is 3.42. The van der Waals surface area contributed by atoms with Gasteiger partial charge < -0.3 is 23.4 Å². The van der Waals surface area contributed by atoms with Gasteiger partial charge in [-0.25, -0.2) is 0 Å². The van der Waals surface area contributed by atoms with E-state index in [-0.39, 0.29) is 5.04 Å². The van der Waals surface area contributed by atoms with Gasteiger partial charge in [-0.15, -0.1) is 0 Å². The summed E-state index contributed by atoms with van der Waals surface area (Å²) in [5.74, 6) is -0.380. The van der Waals surface area contributed by atoms with Crippen molar-refractivity contribution >= 4 is 18.7 Å². The fourth-order valence-corrected chi connectivity index (χ4v) is 9.42. The first-order valence-electron chi connectivity index (χ1n) is 11.5. The highest BCUT2D eigenvalue weighted by Crippen LogP contribution is 2.39. The summed E-state index contributed by atoms with van der Waals surface area (Å²) in [6, 6.07) is 24.5. The molecule has 0 spiro atoms. The second-order valence-electron chi connectivity index (χ2n) is 10.1. The summed E-state index contributed by atoms with van der Waals surface area (Å²) in [4.78, 5) is 0. The maximum atomic E-state index is 11.0. The van der Waals surface area contributed by atoms with Crippen LogP contribution in [0.15, 0.2) is 83.5 Å². The number of ether oxygens (including phenoxy) is 2. The lowest BCUT2D eigenvalue weighted by Gasteiger charge is -2.43. The number of hydrogen-bond acceptors (Lipinski definition) is 5. The molecule has 2 aromatic carbocycles. The van der Waals surface area contributed by atoms with E-state index in [0.29, 0.717) is 12.4 Å². The highest BCUT2D eigenvalue weighted by molar-refractivity contribution is 6.99. The normalized spacial score (nSPS) is 21.8. The molecular weight excluding hydrogens is 432 g/mol. The van der Waals surface area contributed by atoms with E-state index in [0.717, 1.165) is 0 Å². The third-order valence-electron chi connectivity index (χ3n) is 6.25. The molecule has 1 aliphatic rings. The van der Waals surface area contributed by atoms with Crippen LogP contribution in [0.5, 0.6) is 0 Å². The molecule has 3 aromatic rings. The largest absolute Gasteiger partial charge is 0.466 e. The fourth-order valence-electron chi connectivity index (χ4n) is 4.85. The maximum Gasteiger partial charge on any atom is 0.261 e. The van der Waals surface area contributed by atoms with E-state index < -0.39 is 32.4 Å². The smallest absolute Gasteiger partial charge is 0.261 e. The second-order valence-corrected chi connectivity index (χ2v) is 14.4. The first-order chi connectivity index (χ1) is 15.6. The molecule has 0 unspecified atom stereocenters. The maximum absolute atomic E-state index is 11.0. The van der Waals surface area contributed by atoms with Gasteiger partial charge in [0, 0.05) is 0 Å². The monoisotopic (exact) mass is 466 g/mol. The SMILES string of the molecule is CC1(C)O[C@@H]([C@H](O)c2ccco2)[C@H](CO[Si](c2ccccc2)(c2ccccc2)C(C)(C)C)O1. The summed E-state index contributed by atoms with van der Waals surface area (Å²) in [7, 11) is -2.73. The molecule has 1 saturated heterocycles. The highest BCUT2D eigenvalue weighted by atomic mass is 28.4. The van der Waals surface area contributed by atoms with Crippen molar-refractivity contribution in [3.8, 4) is 0 Å². The number of benzene rings is 2. The van der Waals surface area contributed by atoms with Gasteiger partial charge in [0.2, 0.25) is 0 Å². The lowest BCUT2D eigenvalue weighted by Crippen LogP contribution is -2.67. The van der Waals surface area contributed by atoms with Crippen molar-refractivity contribution in [2.24, 2.45) is 0 Å². The van der Waals surface area contributed by atoms with Gasteiger partial charge in [0.1, 0.15) is 24.1 Å². The lowest BCUT2D eigenvalue weighted by molar-refractivity contribution is -0.157. The molecule has 5 nitrogen and oxygen atoms in total. The highest BCUT2D eigenvalue weighted by Gasteiger charge is 2.52. The van der Waals surface area contributed by atoms with Crippen LogP contribution in [-0.4, -0.2) is 38.0 Å². The zero-order valence-electron chi connectivity index (χ0n) is 20.0. The number of aliphatic hydroxyl groups excluding tert-OH is 1. The Balaban J connectivity index is 1.71. The summed E-state index contributed by atoms with van der Waals surface area (Å²) in [6.45, 7) is 10.7. The van der Waals surface area contributed by atoms with E-state index in [1.165, 1.54) is 10.4 Å². The Morgan fingerprint density at radius 3 is 1.97 bits per heavy atom. The minimum Gasteiger partial charge on any atom is -0.466 e. The van der Waals surface area contributed by atoms with Gasteiger partial charge in [0.25, 0.3) is 8.32 Å². The van der Waals surface area contributed by atoms with Gasteiger partial charge in [0.05, 0.1) is 12.9 Å². The van der Waals surface area contributed by atoms with Crippen molar-refractivity contribution in [3.05, 3.63) is 84.8 Å². The molecule has 0 amide bonds. The number of hydrogen-bond donors (Lipinski definition) is 1. The molecule has 2 heterocycles. The Kier molecular flexibility index (Phi) is 6.67. The molecule has 3 atom stereocenters. The first-order valence-corrected chi connectivity index (χ1v) is 13.4. The van der Waals surface area contributed by atoms with E-state index in [9.17, 15) is 5.11 Å². The molecule has 6 heteroatoms. The lowest BCUT2D eigenvalue weighted by atomic mass is 10.1. The minimum absolute atomic E-state index is 0.153. The molecule has 33 heavy (non-hydrogen) atoms. The van der Waals surface area contributed by atoms with E-state index in [1.54, 1.807) is 18.4 Å². The van der Waals surface area contributed by atoms with Gasteiger partial charge in [-0.3, -0.25) is 0 Å². The van der Waals surface area contributed by atoms with Gasteiger partial charge in [-0.1, -0.05) is 81.4 Å². The van der Waals surface area contributed by atoms with Crippen LogP contribution in [0.2, 0.25) is 5.04 Å². The molecule has 0 radical (unpaired) electrons. The van der Waals surface area contributed by atoms with E-state index in [2.05, 4.69) is 69.3 Å². The zero-order valence-corrected chi connectivity index (χ0v) is 21.0. The van der Waals surface area contributed by atoms with Crippen molar-refractivity contribution in [3.63, 3.8) is 0 Å². The molecule has 1 fully saturated rings. The van der Waals surface area contributed by atoms with Crippen LogP contribution < -0.4 is 10.4 Å². The zero-order chi connectivity index (χ0) is 23.7. The molecule has 1 N–H and O–H groups in total.